The van der Waals surface area contributed by atoms with E-state index in [2.05, 4.69) is 15.4 Å². The largest absolute Gasteiger partial charge is 0.416 e. The third-order valence-corrected chi connectivity index (χ3v) is 5.16. The summed E-state index contributed by atoms with van der Waals surface area (Å²) in [6.45, 7) is -0.0272. The van der Waals surface area contributed by atoms with E-state index in [9.17, 15) is 18.0 Å². The number of hydrogen-bond donors (Lipinski definition) is 1. The van der Waals surface area contributed by atoms with Crippen LogP contribution in [0.2, 0.25) is 0 Å². The summed E-state index contributed by atoms with van der Waals surface area (Å²) in [5.74, 6) is -0.403. The van der Waals surface area contributed by atoms with E-state index in [0.717, 1.165) is 17.7 Å². The molecule has 5 nitrogen and oxygen atoms in total. The van der Waals surface area contributed by atoms with Crippen LogP contribution < -0.4 is 5.32 Å². The molecule has 148 valence electrons. The topological polar surface area (TPSA) is 59.8 Å². The molecule has 1 aromatic carbocycles. The number of aromatic nitrogens is 3. The van der Waals surface area contributed by atoms with Crippen LogP contribution in [0.5, 0.6) is 0 Å². The maximum Gasteiger partial charge on any atom is 0.416 e. The molecule has 9 heteroatoms. The smallest absolute Gasteiger partial charge is 0.348 e. The van der Waals surface area contributed by atoms with Gasteiger partial charge in [-0.05, 0) is 35.2 Å². The quantitative estimate of drug-likeness (QED) is 0.527. The SMILES string of the molecule is Cn1ncc2c(C(=O)NCc3cccc(C(F)(F)F)c3)cc(-c3ccsc3)nc21. The Morgan fingerprint density at radius 3 is 2.79 bits per heavy atom. The molecule has 0 saturated heterocycles. The number of benzene rings is 1. The minimum atomic E-state index is -4.43. The highest BCUT2D eigenvalue weighted by atomic mass is 32.1. The number of carbonyl (C=O) groups excluding carboxylic acids is 1. The van der Waals surface area contributed by atoms with Crippen LogP contribution in [-0.2, 0) is 19.8 Å². The van der Waals surface area contributed by atoms with Gasteiger partial charge in [-0.3, -0.25) is 9.48 Å². The Hall–Kier alpha value is -3.20. The number of nitrogens with zero attached hydrogens (tertiary/aromatic N) is 3. The van der Waals surface area contributed by atoms with Gasteiger partial charge in [0.15, 0.2) is 5.65 Å². The highest BCUT2D eigenvalue weighted by molar-refractivity contribution is 7.08. The van der Waals surface area contributed by atoms with E-state index in [1.54, 1.807) is 30.1 Å². The number of carbonyl (C=O) groups is 1. The molecule has 0 unspecified atom stereocenters. The Morgan fingerprint density at radius 2 is 2.07 bits per heavy atom. The average Bonchev–Trinajstić information content (AvgIpc) is 3.35. The van der Waals surface area contributed by atoms with E-state index in [1.165, 1.54) is 17.4 Å². The number of aryl methyl sites for hydroxylation is 1. The van der Waals surface area contributed by atoms with Gasteiger partial charge in [0.25, 0.3) is 5.91 Å². The fraction of sp³-hybridized carbons (Fsp3) is 0.150. The standard InChI is InChI=1S/C20H15F3N4OS/c1-27-18-16(10-25-27)15(8-17(26-18)13-5-6-29-11-13)19(28)24-9-12-3-2-4-14(7-12)20(21,22)23/h2-8,10-11H,9H2,1H3,(H,24,28). The molecule has 0 atom stereocenters. The van der Waals surface area contributed by atoms with Gasteiger partial charge in [0.05, 0.1) is 28.4 Å². The molecular formula is C20H15F3N4OS. The van der Waals surface area contributed by atoms with Gasteiger partial charge in [-0.2, -0.15) is 29.6 Å². The summed E-state index contributed by atoms with van der Waals surface area (Å²) in [4.78, 5) is 17.4. The number of alkyl halides is 3. The van der Waals surface area contributed by atoms with Crippen molar-refractivity contribution in [1.29, 1.82) is 0 Å². The maximum atomic E-state index is 12.9. The van der Waals surface area contributed by atoms with Crippen LogP contribution in [0.4, 0.5) is 13.2 Å². The van der Waals surface area contributed by atoms with Crippen molar-refractivity contribution < 1.29 is 18.0 Å². The third-order valence-electron chi connectivity index (χ3n) is 4.47. The Balaban J connectivity index is 1.64. The Morgan fingerprint density at radius 1 is 1.24 bits per heavy atom. The summed E-state index contributed by atoms with van der Waals surface area (Å²) in [6.07, 6.45) is -2.87. The lowest BCUT2D eigenvalue weighted by atomic mass is 10.1. The number of halogens is 3. The zero-order valence-electron chi connectivity index (χ0n) is 15.2. The zero-order valence-corrected chi connectivity index (χ0v) is 16.0. The van der Waals surface area contributed by atoms with Crippen molar-refractivity contribution in [3.63, 3.8) is 0 Å². The fourth-order valence-electron chi connectivity index (χ4n) is 3.00. The molecule has 29 heavy (non-hydrogen) atoms. The molecule has 0 aliphatic rings. The van der Waals surface area contributed by atoms with Gasteiger partial charge in [0.1, 0.15) is 0 Å². The lowest BCUT2D eigenvalue weighted by Crippen LogP contribution is -2.23. The molecule has 3 aromatic heterocycles. The molecule has 4 rings (SSSR count). The van der Waals surface area contributed by atoms with Crippen molar-refractivity contribution in [1.82, 2.24) is 20.1 Å². The van der Waals surface area contributed by atoms with E-state index >= 15 is 0 Å². The minimum Gasteiger partial charge on any atom is -0.348 e. The van der Waals surface area contributed by atoms with E-state index in [1.807, 2.05) is 16.8 Å². The minimum absolute atomic E-state index is 0.0272. The monoisotopic (exact) mass is 416 g/mol. The lowest BCUT2D eigenvalue weighted by molar-refractivity contribution is -0.137. The van der Waals surface area contributed by atoms with Gasteiger partial charge in [-0.15, -0.1) is 0 Å². The molecular weight excluding hydrogens is 401 g/mol. The van der Waals surface area contributed by atoms with Crippen molar-refractivity contribution >= 4 is 28.3 Å². The van der Waals surface area contributed by atoms with Crippen LogP contribution in [0.1, 0.15) is 21.5 Å². The summed E-state index contributed by atoms with van der Waals surface area (Å²) in [7, 11) is 1.73. The summed E-state index contributed by atoms with van der Waals surface area (Å²) >= 11 is 1.52. The Labute approximate surface area is 167 Å². The van der Waals surface area contributed by atoms with Crippen molar-refractivity contribution in [2.75, 3.05) is 0 Å². The molecule has 0 aliphatic carbocycles. The van der Waals surface area contributed by atoms with Crippen molar-refractivity contribution in [2.45, 2.75) is 12.7 Å². The number of hydrogen-bond acceptors (Lipinski definition) is 4. The molecule has 0 aliphatic heterocycles. The molecule has 3 heterocycles. The van der Waals surface area contributed by atoms with Crippen molar-refractivity contribution in [2.24, 2.45) is 7.05 Å². The number of nitrogens with one attached hydrogen (secondary N) is 1. The first-order valence-corrected chi connectivity index (χ1v) is 9.57. The van der Waals surface area contributed by atoms with Crippen LogP contribution >= 0.6 is 11.3 Å². The second kappa shape index (κ2) is 7.32. The summed E-state index contributed by atoms with van der Waals surface area (Å²) in [5.41, 5.74) is 2.05. The zero-order chi connectivity index (χ0) is 20.6. The van der Waals surface area contributed by atoms with Gasteiger partial charge in [-0.25, -0.2) is 4.98 Å². The molecule has 0 bridgehead atoms. The van der Waals surface area contributed by atoms with Crippen molar-refractivity contribution in [3.05, 3.63) is 70.0 Å². The number of fused-ring (bicyclic) bond motifs is 1. The van der Waals surface area contributed by atoms with Gasteiger partial charge in [0.2, 0.25) is 0 Å². The number of pyridine rings is 1. The van der Waals surface area contributed by atoms with Crippen LogP contribution in [0.15, 0.2) is 53.4 Å². The molecule has 0 saturated carbocycles. The first-order chi connectivity index (χ1) is 13.8. The molecule has 0 spiro atoms. The summed E-state index contributed by atoms with van der Waals surface area (Å²) < 4.78 is 40.2. The summed E-state index contributed by atoms with van der Waals surface area (Å²) in [6, 6.07) is 8.47. The van der Waals surface area contributed by atoms with Gasteiger partial charge in [-0.1, -0.05) is 12.1 Å². The highest BCUT2D eigenvalue weighted by Crippen LogP contribution is 2.30. The molecule has 1 amide bonds. The van der Waals surface area contributed by atoms with Crippen LogP contribution in [-0.4, -0.2) is 20.7 Å². The Kier molecular flexibility index (Phi) is 4.83. The first kappa shape index (κ1) is 19.1. The van der Waals surface area contributed by atoms with E-state index < -0.39 is 17.6 Å². The van der Waals surface area contributed by atoms with Crippen LogP contribution in [0.3, 0.4) is 0 Å². The second-order valence-corrected chi connectivity index (χ2v) is 7.23. The van der Waals surface area contributed by atoms with Crippen LogP contribution in [0, 0.1) is 0 Å². The maximum absolute atomic E-state index is 12.9. The number of amides is 1. The van der Waals surface area contributed by atoms with E-state index in [-0.39, 0.29) is 6.54 Å². The summed E-state index contributed by atoms with van der Waals surface area (Å²) in [5, 5.41) is 11.3. The van der Waals surface area contributed by atoms with E-state index in [4.69, 9.17) is 0 Å². The van der Waals surface area contributed by atoms with E-state index in [0.29, 0.717) is 27.9 Å². The Bertz CT molecular complexity index is 1180. The molecule has 0 fully saturated rings. The predicted molar refractivity (Wildman–Crippen MR) is 104 cm³/mol. The molecule has 0 radical (unpaired) electrons. The van der Waals surface area contributed by atoms with Gasteiger partial charge >= 0.3 is 6.18 Å². The van der Waals surface area contributed by atoms with Crippen LogP contribution in [0.25, 0.3) is 22.3 Å². The normalized spacial score (nSPS) is 11.7. The third kappa shape index (κ3) is 3.86. The lowest BCUT2D eigenvalue weighted by Gasteiger charge is -2.11. The average molecular weight is 416 g/mol. The number of rotatable bonds is 4. The predicted octanol–water partition coefficient (Wildman–Crippen LogP) is 4.65. The number of thiophene rings is 1. The van der Waals surface area contributed by atoms with Gasteiger partial charge in [0, 0.05) is 24.5 Å². The highest BCUT2D eigenvalue weighted by Gasteiger charge is 2.30. The first-order valence-electron chi connectivity index (χ1n) is 8.62. The van der Waals surface area contributed by atoms with Crippen molar-refractivity contribution in [3.8, 4) is 11.3 Å². The second-order valence-electron chi connectivity index (χ2n) is 6.45. The molecule has 1 N–H and O–H groups in total. The fourth-order valence-corrected chi connectivity index (χ4v) is 3.65. The molecule has 4 aromatic rings. The van der Waals surface area contributed by atoms with Gasteiger partial charge < -0.3 is 5.32 Å².